The van der Waals surface area contributed by atoms with Gasteiger partial charge in [-0.15, -0.1) is 0 Å². The summed E-state index contributed by atoms with van der Waals surface area (Å²) >= 11 is 0. The van der Waals surface area contributed by atoms with Crippen molar-refractivity contribution in [1.82, 2.24) is 0 Å². The zero-order valence-corrected chi connectivity index (χ0v) is 12.4. The second-order valence-electron chi connectivity index (χ2n) is 8.04. The molecule has 2 saturated carbocycles. The quantitative estimate of drug-likeness (QED) is 0.817. The van der Waals surface area contributed by atoms with Crippen molar-refractivity contribution in [2.45, 2.75) is 77.0 Å². The number of fused-ring (bicyclic) bond motifs is 1. The van der Waals surface area contributed by atoms with E-state index in [1.54, 1.807) is 0 Å². The third-order valence-corrected chi connectivity index (χ3v) is 5.78. The van der Waals surface area contributed by atoms with Gasteiger partial charge in [0.15, 0.2) is 0 Å². The summed E-state index contributed by atoms with van der Waals surface area (Å²) < 4.78 is 6.22. The maximum absolute atomic E-state index is 6.66. The second kappa shape index (κ2) is 3.96. The molecule has 3 aliphatic rings. The standard InChI is InChI=1S/C16H29NO/c1-15(2)9-12(16(3,4)18-15)14(17)13-10-7-5-6-8-11(10)13/h10-14H,5-9,17H2,1-4H3. The summed E-state index contributed by atoms with van der Waals surface area (Å²) in [5, 5.41) is 0. The first kappa shape index (κ1) is 12.9. The van der Waals surface area contributed by atoms with Crippen molar-refractivity contribution in [3.63, 3.8) is 0 Å². The van der Waals surface area contributed by atoms with E-state index in [1.165, 1.54) is 25.7 Å². The van der Waals surface area contributed by atoms with E-state index >= 15 is 0 Å². The molecule has 3 fully saturated rings. The minimum absolute atomic E-state index is 0.00580. The largest absolute Gasteiger partial charge is 0.369 e. The summed E-state index contributed by atoms with van der Waals surface area (Å²) in [5.74, 6) is 3.24. The minimum Gasteiger partial charge on any atom is -0.369 e. The molecule has 0 spiro atoms. The molecule has 2 heteroatoms. The average Bonchev–Trinajstić information content (AvgIpc) is 2.92. The minimum atomic E-state index is -0.0470. The van der Waals surface area contributed by atoms with Gasteiger partial charge in [0.2, 0.25) is 0 Å². The zero-order valence-electron chi connectivity index (χ0n) is 12.4. The Morgan fingerprint density at radius 2 is 1.61 bits per heavy atom. The van der Waals surface area contributed by atoms with Crippen LogP contribution in [-0.2, 0) is 4.74 Å². The third kappa shape index (κ3) is 2.02. The molecule has 1 heterocycles. The highest BCUT2D eigenvalue weighted by molar-refractivity contribution is 5.09. The van der Waals surface area contributed by atoms with Crippen LogP contribution in [0.15, 0.2) is 0 Å². The molecule has 0 aromatic heterocycles. The van der Waals surface area contributed by atoms with Gasteiger partial charge in [-0.25, -0.2) is 0 Å². The molecule has 4 unspecified atom stereocenters. The predicted octanol–water partition coefficient (Wildman–Crippen LogP) is 3.34. The Bertz CT molecular complexity index is 324. The van der Waals surface area contributed by atoms with Gasteiger partial charge in [-0.05, 0) is 64.7 Å². The van der Waals surface area contributed by atoms with Gasteiger partial charge in [-0.2, -0.15) is 0 Å². The summed E-state index contributed by atoms with van der Waals surface area (Å²) in [4.78, 5) is 0. The van der Waals surface area contributed by atoms with E-state index in [0.29, 0.717) is 12.0 Å². The fourth-order valence-corrected chi connectivity index (χ4v) is 5.09. The van der Waals surface area contributed by atoms with Crippen molar-refractivity contribution in [2.24, 2.45) is 29.4 Å². The van der Waals surface area contributed by atoms with Crippen LogP contribution in [0.25, 0.3) is 0 Å². The fraction of sp³-hybridized carbons (Fsp3) is 1.00. The van der Waals surface area contributed by atoms with E-state index in [1.807, 2.05) is 0 Å². The van der Waals surface area contributed by atoms with Crippen molar-refractivity contribution < 1.29 is 4.74 Å². The molecule has 1 saturated heterocycles. The molecule has 2 nitrogen and oxygen atoms in total. The monoisotopic (exact) mass is 251 g/mol. The van der Waals surface area contributed by atoms with Crippen LogP contribution in [0.2, 0.25) is 0 Å². The molecule has 0 amide bonds. The van der Waals surface area contributed by atoms with E-state index in [9.17, 15) is 0 Å². The molecule has 0 aromatic rings. The number of nitrogens with two attached hydrogens (primary N) is 1. The molecule has 2 aliphatic carbocycles. The molecule has 0 bridgehead atoms. The lowest BCUT2D eigenvalue weighted by atomic mass is 9.79. The number of hydrogen-bond donors (Lipinski definition) is 1. The van der Waals surface area contributed by atoms with Gasteiger partial charge in [-0.3, -0.25) is 0 Å². The zero-order chi connectivity index (χ0) is 13.1. The Morgan fingerprint density at radius 3 is 2.06 bits per heavy atom. The predicted molar refractivity (Wildman–Crippen MR) is 74.3 cm³/mol. The summed E-state index contributed by atoms with van der Waals surface area (Å²) in [6.07, 6.45) is 6.85. The highest BCUT2D eigenvalue weighted by Gasteiger charge is 2.58. The maximum Gasteiger partial charge on any atom is 0.0677 e. The lowest BCUT2D eigenvalue weighted by Crippen LogP contribution is -2.43. The molecule has 2 N–H and O–H groups in total. The van der Waals surface area contributed by atoms with Crippen LogP contribution in [-0.4, -0.2) is 17.2 Å². The Labute approximate surface area is 112 Å². The summed E-state index contributed by atoms with van der Waals surface area (Å²) in [6, 6.07) is 0.356. The van der Waals surface area contributed by atoms with Crippen molar-refractivity contribution in [2.75, 3.05) is 0 Å². The third-order valence-electron chi connectivity index (χ3n) is 5.78. The lowest BCUT2D eigenvalue weighted by Gasteiger charge is -2.31. The molecular formula is C16H29NO. The van der Waals surface area contributed by atoms with Gasteiger partial charge in [0.05, 0.1) is 11.2 Å². The van der Waals surface area contributed by atoms with Crippen LogP contribution in [0, 0.1) is 23.7 Å². The lowest BCUT2D eigenvalue weighted by molar-refractivity contribution is -0.0773. The molecule has 4 atom stereocenters. The Morgan fingerprint density at radius 1 is 1.06 bits per heavy atom. The summed E-state index contributed by atoms with van der Waals surface area (Å²) in [5.41, 5.74) is 6.62. The second-order valence-corrected chi connectivity index (χ2v) is 8.04. The maximum atomic E-state index is 6.66. The first-order chi connectivity index (χ1) is 8.32. The molecule has 0 radical (unpaired) electrons. The van der Waals surface area contributed by atoms with Crippen molar-refractivity contribution >= 4 is 0 Å². The first-order valence-electron chi connectivity index (χ1n) is 7.78. The first-order valence-corrected chi connectivity index (χ1v) is 7.78. The highest BCUT2D eigenvalue weighted by atomic mass is 16.5. The van der Waals surface area contributed by atoms with Gasteiger partial charge in [-0.1, -0.05) is 12.8 Å². The fourth-order valence-electron chi connectivity index (χ4n) is 5.09. The molecule has 18 heavy (non-hydrogen) atoms. The average molecular weight is 251 g/mol. The van der Waals surface area contributed by atoms with Crippen molar-refractivity contribution in [3.8, 4) is 0 Å². The van der Waals surface area contributed by atoms with Gasteiger partial charge in [0.1, 0.15) is 0 Å². The Kier molecular flexibility index (Phi) is 2.84. The molecule has 3 rings (SSSR count). The Hall–Kier alpha value is -0.0800. The smallest absolute Gasteiger partial charge is 0.0677 e. The molecule has 0 aromatic carbocycles. The van der Waals surface area contributed by atoms with Crippen molar-refractivity contribution in [1.29, 1.82) is 0 Å². The Balaban J connectivity index is 1.71. The van der Waals surface area contributed by atoms with Gasteiger partial charge >= 0.3 is 0 Å². The summed E-state index contributed by atoms with van der Waals surface area (Å²) in [6.45, 7) is 8.89. The van der Waals surface area contributed by atoms with E-state index in [2.05, 4.69) is 27.7 Å². The SMILES string of the molecule is CC1(C)CC(C(N)C2C3CCCCC32)C(C)(C)O1. The van der Waals surface area contributed by atoms with Crippen molar-refractivity contribution in [3.05, 3.63) is 0 Å². The molecular weight excluding hydrogens is 222 g/mol. The van der Waals surface area contributed by atoms with Gasteiger partial charge < -0.3 is 10.5 Å². The van der Waals surface area contributed by atoms with Gasteiger partial charge in [0.25, 0.3) is 0 Å². The van der Waals surface area contributed by atoms with E-state index < -0.39 is 0 Å². The van der Waals surface area contributed by atoms with Crippen LogP contribution in [0.4, 0.5) is 0 Å². The van der Waals surface area contributed by atoms with Crippen LogP contribution in [0.3, 0.4) is 0 Å². The van der Waals surface area contributed by atoms with E-state index in [4.69, 9.17) is 10.5 Å². The molecule has 1 aliphatic heterocycles. The number of hydrogen-bond acceptors (Lipinski definition) is 2. The van der Waals surface area contributed by atoms with Crippen LogP contribution in [0.1, 0.15) is 59.8 Å². The normalized spacial score (nSPS) is 46.5. The number of rotatable bonds is 2. The van der Waals surface area contributed by atoms with Crippen LogP contribution in [0.5, 0.6) is 0 Å². The highest BCUT2D eigenvalue weighted by Crippen LogP contribution is 2.59. The topological polar surface area (TPSA) is 35.2 Å². The van der Waals surface area contributed by atoms with E-state index in [0.717, 1.165) is 24.2 Å². The van der Waals surface area contributed by atoms with E-state index in [-0.39, 0.29) is 11.2 Å². The van der Waals surface area contributed by atoms with Gasteiger partial charge in [0, 0.05) is 12.0 Å². The number of ether oxygens (including phenoxy) is 1. The summed E-state index contributed by atoms with van der Waals surface area (Å²) in [7, 11) is 0. The molecule has 104 valence electrons. The van der Waals surface area contributed by atoms with Crippen LogP contribution < -0.4 is 5.73 Å². The van der Waals surface area contributed by atoms with Crippen LogP contribution >= 0.6 is 0 Å².